The fraction of sp³-hybridized carbons (Fsp3) is 0.647. The topological polar surface area (TPSA) is 44.7 Å². The molecule has 1 aliphatic heterocycles. The molecule has 21 heavy (non-hydrogen) atoms. The lowest BCUT2D eigenvalue weighted by Gasteiger charge is -2.34. The minimum absolute atomic E-state index is 0.164. The highest BCUT2D eigenvalue weighted by Gasteiger charge is 2.23. The maximum atomic E-state index is 8.91. The van der Waals surface area contributed by atoms with E-state index < -0.39 is 0 Å². The van der Waals surface area contributed by atoms with E-state index in [1.165, 1.54) is 23.1 Å². The molecule has 4 heteroatoms. The molecule has 1 aromatic rings. The zero-order valence-corrected chi connectivity index (χ0v) is 13.5. The average molecular weight is 292 g/mol. The van der Waals surface area contributed by atoms with Gasteiger partial charge in [-0.1, -0.05) is 13.0 Å². The molecule has 1 unspecified atom stereocenters. The normalized spacial score (nSPS) is 18.6. The molecule has 1 aliphatic rings. The van der Waals surface area contributed by atoms with Crippen molar-refractivity contribution in [1.29, 1.82) is 0 Å². The van der Waals surface area contributed by atoms with Gasteiger partial charge in [-0.2, -0.15) is 0 Å². The second-order valence-electron chi connectivity index (χ2n) is 5.74. The summed E-state index contributed by atoms with van der Waals surface area (Å²) in [7, 11) is 2.20. The van der Waals surface area contributed by atoms with E-state index in [1.54, 1.807) is 0 Å². The fourth-order valence-corrected chi connectivity index (χ4v) is 3.05. The first-order chi connectivity index (χ1) is 10.2. The third-order valence-corrected chi connectivity index (χ3v) is 4.26. The first kappa shape index (κ1) is 16.3. The molecule has 0 radical (unpaired) electrons. The summed E-state index contributed by atoms with van der Waals surface area (Å²) in [5, 5.41) is 12.2. The van der Waals surface area contributed by atoms with Crippen molar-refractivity contribution in [2.24, 2.45) is 0 Å². The molecular formula is C17H28N2O2. The number of aliphatic hydroxyl groups is 1. The van der Waals surface area contributed by atoms with E-state index >= 15 is 0 Å². The third-order valence-electron chi connectivity index (χ3n) is 4.26. The molecule has 0 saturated carbocycles. The van der Waals surface area contributed by atoms with Gasteiger partial charge in [0.1, 0.15) is 5.75 Å². The van der Waals surface area contributed by atoms with Crippen molar-refractivity contribution < 1.29 is 9.84 Å². The Morgan fingerprint density at radius 1 is 1.33 bits per heavy atom. The molecule has 2 rings (SSSR count). The summed E-state index contributed by atoms with van der Waals surface area (Å²) >= 11 is 0. The Labute approximate surface area is 128 Å². The number of nitrogens with zero attached hydrogens (tertiary/aromatic N) is 1. The van der Waals surface area contributed by atoms with E-state index in [9.17, 15) is 0 Å². The maximum Gasteiger partial charge on any atom is 0.124 e. The van der Waals surface area contributed by atoms with E-state index in [1.807, 2.05) is 6.92 Å². The molecule has 4 nitrogen and oxygen atoms in total. The summed E-state index contributed by atoms with van der Waals surface area (Å²) in [6.45, 7) is 7.47. The minimum atomic E-state index is 0.164. The quantitative estimate of drug-likeness (QED) is 0.754. The predicted octanol–water partition coefficient (Wildman–Crippen LogP) is 1.93. The molecule has 118 valence electrons. The first-order valence-corrected chi connectivity index (χ1v) is 7.98. The van der Waals surface area contributed by atoms with Crippen molar-refractivity contribution in [2.45, 2.75) is 45.8 Å². The summed E-state index contributed by atoms with van der Waals surface area (Å²) in [6.07, 6.45) is 2.29. The van der Waals surface area contributed by atoms with E-state index in [0.29, 0.717) is 19.2 Å². The van der Waals surface area contributed by atoms with Crippen molar-refractivity contribution in [3.8, 4) is 5.75 Å². The maximum absolute atomic E-state index is 8.91. The summed E-state index contributed by atoms with van der Waals surface area (Å²) in [6, 6.07) is 5.13. The van der Waals surface area contributed by atoms with Crippen LogP contribution in [0.4, 0.5) is 0 Å². The highest BCUT2D eigenvalue weighted by Crippen LogP contribution is 2.30. The van der Waals surface area contributed by atoms with Gasteiger partial charge in [0.05, 0.1) is 13.2 Å². The Kier molecular flexibility index (Phi) is 6.03. The summed E-state index contributed by atoms with van der Waals surface area (Å²) in [5.74, 6) is 0.977. The number of nitrogens with one attached hydrogen (secondary N) is 1. The number of hydrogen-bond donors (Lipinski definition) is 2. The van der Waals surface area contributed by atoms with Gasteiger partial charge in [0.15, 0.2) is 0 Å². The SMILES string of the molecule is CCOc1cc2c(cc1CNCCO)CC(CC)N(C)C2. The Bertz CT molecular complexity index is 462. The summed E-state index contributed by atoms with van der Waals surface area (Å²) in [4.78, 5) is 2.43. The van der Waals surface area contributed by atoms with Crippen LogP contribution in [0.25, 0.3) is 0 Å². The van der Waals surface area contributed by atoms with Gasteiger partial charge in [-0.25, -0.2) is 0 Å². The van der Waals surface area contributed by atoms with Gasteiger partial charge in [0.2, 0.25) is 0 Å². The van der Waals surface area contributed by atoms with Crippen molar-refractivity contribution in [3.05, 3.63) is 28.8 Å². The molecule has 1 atom stereocenters. The molecule has 0 spiro atoms. The van der Waals surface area contributed by atoms with Crippen LogP contribution in [-0.4, -0.2) is 42.9 Å². The highest BCUT2D eigenvalue weighted by molar-refractivity contribution is 5.44. The lowest BCUT2D eigenvalue weighted by Crippen LogP contribution is -2.37. The Morgan fingerprint density at radius 3 is 2.81 bits per heavy atom. The Hall–Kier alpha value is -1.10. The van der Waals surface area contributed by atoms with Crippen LogP contribution in [0.2, 0.25) is 0 Å². The summed E-state index contributed by atoms with van der Waals surface area (Å²) in [5.41, 5.74) is 4.03. The lowest BCUT2D eigenvalue weighted by atomic mass is 9.91. The van der Waals surface area contributed by atoms with Gasteiger partial charge in [-0.05, 0) is 44.0 Å². The van der Waals surface area contributed by atoms with Crippen molar-refractivity contribution >= 4 is 0 Å². The number of aliphatic hydroxyl groups excluding tert-OH is 1. The van der Waals surface area contributed by atoms with E-state index in [0.717, 1.165) is 25.3 Å². The standard InChI is InChI=1S/C17H28N2O2/c1-4-16-9-13-8-14(11-18-6-7-20)17(21-5-2)10-15(13)12-19(16)3/h8,10,16,18,20H,4-7,9,11-12H2,1-3H3. The Balaban J connectivity index is 2.24. The smallest absolute Gasteiger partial charge is 0.124 e. The molecular weight excluding hydrogens is 264 g/mol. The lowest BCUT2D eigenvalue weighted by molar-refractivity contribution is 0.209. The van der Waals surface area contributed by atoms with Crippen LogP contribution in [0.5, 0.6) is 5.75 Å². The second-order valence-corrected chi connectivity index (χ2v) is 5.74. The summed E-state index contributed by atoms with van der Waals surface area (Å²) < 4.78 is 5.80. The number of fused-ring (bicyclic) bond motifs is 1. The van der Waals surface area contributed by atoms with Crippen LogP contribution in [0.15, 0.2) is 12.1 Å². The van der Waals surface area contributed by atoms with Crippen LogP contribution >= 0.6 is 0 Å². The molecule has 0 aliphatic carbocycles. The van der Waals surface area contributed by atoms with Crippen LogP contribution in [0, 0.1) is 0 Å². The fourth-order valence-electron chi connectivity index (χ4n) is 3.05. The molecule has 0 saturated heterocycles. The number of hydrogen-bond acceptors (Lipinski definition) is 4. The molecule has 0 aromatic heterocycles. The van der Waals surface area contributed by atoms with Crippen LogP contribution < -0.4 is 10.1 Å². The first-order valence-electron chi connectivity index (χ1n) is 7.98. The van der Waals surface area contributed by atoms with E-state index in [-0.39, 0.29) is 6.61 Å². The van der Waals surface area contributed by atoms with Gasteiger partial charge in [0.25, 0.3) is 0 Å². The number of ether oxygens (including phenoxy) is 1. The van der Waals surface area contributed by atoms with Gasteiger partial charge >= 0.3 is 0 Å². The van der Waals surface area contributed by atoms with Crippen molar-refractivity contribution in [1.82, 2.24) is 10.2 Å². The van der Waals surface area contributed by atoms with Gasteiger partial charge in [-0.3, -0.25) is 4.90 Å². The molecule has 0 amide bonds. The number of benzene rings is 1. The van der Waals surface area contributed by atoms with Crippen LogP contribution in [0.3, 0.4) is 0 Å². The average Bonchev–Trinajstić information content (AvgIpc) is 2.48. The van der Waals surface area contributed by atoms with E-state index in [2.05, 4.69) is 36.3 Å². The molecule has 0 fully saturated rings. The van der Waals surface area contributed by atoms with Gasteiger partial charge in [-0.15, -0.1) is 0 Å². The van der Waals surface area contributed by atoms with Crippen LogP contribution in [0.1, 0.15) is 37.0 Å². The molecule has 2 N–H and O–H groups in total. The zero-order valence-electron chi connectivity index (χ0n) is 13.5. The molecule has 1 aromatic carbocycles. The molecule has 1 heterocycles. The predicted molar refractivity (Wildman–Crippen MR) is 85.7 cm³/mol. The zero-order chi connectivity index (χ0) is 15.2. The monoisotopic (exact) mass is 292 g/mol. The number of rotatable bonds is 7. The second kappa shape index (κ2) is 7.78. The van der Waals surface area contributed by atoms with Gasteiger partial charge in [0, 0.05) is 31.2 Å². The van der Waals surface area contributed by atoms with Crippen molar-refractivity contribution in [3.63, 3.8) is 0 Å². The van der Waals surface area contributed by atoms with Gasteiger partial charge < -0.3 is 15.2 Å². The molecule has 0 bridgehead atoms. The number of likely N-dealkylation sites (N-methyl/N-ethyl adjacent to an activating group) is 1. The van der Waals surface area contributed by atoms with E-state index in [4.69, 9.17) is 9.84 Å². The largest absolute Gasteiger partial charge is 0.494 e. The Morgan fingerprint density at radius 2 is 2.14 bits per heavy atom. The van der Waals surface area contributed by atoms with Crippen LogP contribution in [-0.2, 0) is 19.5 Å². The minimum Gasteiger partial charge on any atom is -0.494 e. The van der Waals surface area contributed by atoms with Crippen molar-refractivity contribution in [2.75, 3.05) is 26.8 Å². The third kappa shape index (κ3) is 3.96. The highest BCUT2D eigenvalue weighted by atomic mass is 16.5.